The van der Waals surface area contributed by atoms with Gasteiger partial charge in [-0.05, 0) is 18.2 Å². The topological polar surface area (TPSA) is 60.4 Å². The monoisotopic (exact) mass is 344 g/mol. The third-order valence-corrected chi connectivity index (χ3v) is 3.76. The van der Waals surface area contributed by atoms with Crippen molar-refractivity contribution < 1.29 is 19.1 Å². The maximum atomic E-state index is 12.7. The minimum atomic E-state index is -0.521. The van der Waals surface area contributed by atoms with Crippen LogP contribution in [0, 0.1) is 0 Å². The van der Waals surface area contributed by atoms with E-state index < -0.39 is 5.97 Å². The van der Waals surface area contributed by atoms with E-state index in [1.54, 1.807) is 48.5 Å². The van der Waals surface area contributed by atoms with E-state index in [1.165, 1.54) is 25.1 Å². The first-order chi connectivity index (χ1) is 12.5. The third kappa shape index (κ3) is 3.92. The van der Waals surface area contributed by atoms with E-state index in [0.717, 1.165) is 0 Å². The Bertz CT molecular complexity index is 890. The van der Waals surface area contributed by atoms with Crippen LogP contribution < -0.4 is 4.74 Å². The summed E-state index contributed by atoms with van der Waals surface area (Å²) in [7, 11) is 0. The van der Waals surface area contributed by atoms with Gasteiger partial charge in [-0.3, -0.25) is 14.4 Å². The lowest BCUT2D eigenvalue weighted by molar-refractivity contribution is -0.131. The maximum Gasteiger partial charge on any atom is 0.308 e. The zero-order valence-corrected chi connectivity index (χ0v) is 14.1. The van der Waals surface area contributed by atoms with Gasteiger partial charge in [0.15, 0.2) is 11.6 Å². The summed E-state index contributed by atoms with van der Waals surface area (Å²) in [6.07, 6.45) is 0. The third-order valence-electron chi connectivity index (χ3n) is 3.76. The van der Waals surface area contributed by atoms with Gasteiger partial charge in [0.25, 0.3) is 0 Å². The summed E-state index contributed by atoms with van der Waals surface area (Å²) in [5.74, 6) is -0.852. The standard InChI is InChI=1S/C22H16O4/c1-15(23)26-20-13-18(21(24)16-8-4-2-5-9-16)12-19(14-20)22(25)17-10-6-3-7-11-17/h2-14H,1H3. The number of ether oxygens (including phenoxy) is 1. The van der Waals surface area contributed by atoms with Gasteiger partial charge in [-0.1, -0.05) is 60.7 Å². The summed E-state index contributed by atoms with van der Waals surface area (Å²) in [6.45, 7) is 1.27. The highest BCUT2D eigenvalue weighted by Gasteiger charge is 2.17. The Kier molecular flexibility index (Phi) is 5.04. The number of carbonyl (C=O) groups excluding carboxylic acids is 3. The molecule has 26 heavy (non-hydrogen) atoms. The Morgan fingerprint density at radius 3 is 1.42 bits per heavy atom. The Hall–Kier alpha value is -3.53. The molecular weight excluding hydrogens is 328 g/mol. The van der Waals surface area contributed by atoms with Crippen molar-refractivity contribution in [3.63, 3.8) is 0 Å². The molecule has 0 bridgehead atoms. The largest absolute Gasteiger partial charge is 0.427 e. The number of rotatable bonds is 5. The van der Waals surface area contributed by atoms with Crippen LogP contribution in [0.25, 0.3) is 0 Å². The second-order valence-electron chi connectivity index (χ2n) is 5.73. The van der Waals surface area contributed by atoms with Crippen LogP contribution in [0.5, 0.6) is 5.75 Å². The maximum absolute atomic E-state index is 12.7. The molecular formula is C22H16O4. The van der Waals surface area contributed by atoms with Gasteiger partial charge in [0, 0.05) is 29.2 Å². The van der Waals surface area contributed by atoms with E-state index in [1.807, 2.05) is 12.1 Å². The molecule has 0 aliphatic heterocycles. The molecule has 0 unspecified atom stereocenters. The molecule has 128 valence electrons. The second-order valence-corrected chi connectivity index (χ2v) is 5.73. The van der Waals surface area contributed by atoms with Crippen molar-refractivity contribution in [1.82, 2.24) is 0 Å². The first kappa shape index (κ1) is 17.3. The fourth-order valence-corrected chi connectivity index (χ4v) is 2.60. The van der Waals surface area contributed by atoms with Crippen molar-refractivity contribution >= 4 is 17.5 Å². The van der Waals surface area contributed by atoms with Crippen LogP contribution in [0.4, 0.5) is 0 Å². The smallest absolute Gasteiger partial charge is 0.308 e. The van der Waals surface area contributed by atoms with Crippen molar-refractivity contribution in [1.29, 1.82) is 0 Å². The number of benzene rings is 3. The molecule has 0 radical (unpaired) electrons. The van der Waals surface area contributed by atoms with Gasteiger partial charge in [-0.15, -0.1) is 0 Å². The molecule has 3 aromatic carbocycles. The Labute approximate surface area is 151 Å². The summed E-state index contributed by atoms with van der Waals surface area (Å²) >= 11 is 0. The molecule has 0 saturated carbocycles. The molecule has 0 amide bonds. The van der Waals surface area contributed by atoms with Crippen LogP contribution in [-0.2, 0) is 4.79 Å². The number of hydrogen-bond acceptors (Lipinski definition) is 4. The lowest BCUT2D eigenvalue weighted by Crippen LogP contribution is -2.09. The SMILES string of the molecule is CC(=O)Oc1cc(C(=O)c2ccccc2)cc(C(=O)c2ccccc2)c1. The van der Waals surface area contributed by atoms with Crippen molar-refractivity contribution in [2.75, 3.05) is 0 Å². The highest BCUT2D eigenvalue weighted by atomic mass is 16.5. The van der Waals surface area contributed by atoms with Gasteiger partial charge < -0.3 is 4.74 Å². The van der Waals surface area contributed by atoms with Crippen LogP contribution in [-0.4, -0.2) is 17.5 Å². The summed E-state index contributed by atoms with van der Waals surface area (Å²) in [6, 6.07) is 21.9. The van der Waals surface area contributed by atoms with E-state index in [-0.39, 0.29) is 28.4 Å². The molecule has 0 aromatic heterocycles. The molecule has 0 aliphatic rings. The van der Waals surface area contributed by atoms with E-state index in [0.29, 0.717) is 11.1 Å². The van der Waals surface area contributed by atoms with Crippen LogP contribution in [0.15, 0.2) is 78.9 Å². The zero-order valence-electron chi connectivity index (χ0n) is 14.1. The first-order valence-corrected chi connectivity index (χ1v) is 8.07. The van der Waals surface area contributed by atoms with Crippen molar-refractivity contribution in [2.24, 2.45) is 0 Å². The van der Waals surface area contributed by atoms with Crippen LogP contribution in [0.3, 0.4) is 0 Å². The fraction of sp³-hybridized carbons (Fsp3) is 0.0455. The summed E-state index contributed by atoms with van der Waals surface area (Å²) in [5.41, 5.74) is 1.56. The molecule has 4 nitrogen and oxygen atoms in total. The summed E-state index contributed by atoms with van der Waals surface area (Å²) < 4.78 is 5.12. The first-order valence-electron chi connectivity index (χ1n) is 8.07. The van der Waals surface area contributed by atoms with Gasteiger partial charge in [0.05, 0.1) is 0 Å². The minimum absolute atomic E-state index is 0.165. The number of carbonyl (C=O) groups is 3. The summed E-state index contributed by atoms with van der Waals surface area (Å²) in [4.78, 5) is 36.8. The molecule has 3 rings (SSSR count). The fourth-order valence-electron chi connectivity index (χ4n) is 2.60. The number of esters is 1. The van der Waals surface area contributed by atoms with Gasteiger partial charge >= 0.3 is 5.97 Å². The minimum Gasteiger partial charge on any atom is -0.427 e. The molecule has 3 aromatic rings. The van der Waals surface area contributed by atoms with Crippen molar-refractivity contribution in [3.05, 3.63) is 101 Å². The lowest BCUT2D eigenvalue weighted by atomic mass is 9.97. The van der Waals surface area contributed by atoms with Gasteiger partial charge in [0.1, 0.15) is 5.75 Å². The predicted octanol–water partition coefficient (Wildman–Crippen LogP) is 4.07. The number of ketones is 2. The zero-order chi connectivity index (χ0) is 18.5. The van der Waals surface area contributed by atoms with Crippen LogP contribution in [0.2, 0.25) is 0 Å². The van der Waals surface area contributed by atoms with E-state index in [2.05, 4.69) is 0 Å². The van der Waals surface area contributed by atoms with Crippen LogP contribution in [0.1, 0.15) is 38.8 Å². The van der Waals surface area contributed by atoms with Crippen molar-refractivity contribution in [3.8, 4) is 5.75 Å². The highest BCUT2D eigenvalue weighted by Crippen LogP contribution is 2.22. The Morgan fingerprint density at radius 1 is 0.615 bits per heavy atom. The van der Waals surface area contributed by atoms with E-state index in [9.17, 15) is 14.4 Å². The van der Waals surface area contributed by atoms with Gasteiger partial charge in [-0.2, -0.15) is 0 Å². The predicted molar refractivity (Wildman–Crippen MR) is 97.5 cm³/mol. The Balaban J connectivity index is 2.06. The van der Waals surface area contributed by atoms with E-state index in [4.69, 9.17) is 4.74 Å². The van der Waals surface area contributed by atoms with Crippen molar-refractivity contribution in [2.45, 2.75) is 6.92 Å². The van der Waals surface area contributed by atoms with Gasteiger partial charge in [-0.25, -0.2) is 0 Å². The number of hydrogen-bond donors (Lipinski definition) is 0. The molecule has 0 saturated heterocycles. The molecule has 0 aliphatic carbocycles. The molecule has 0 fully saturated rings. The molecule has 0 N–H and O–H groups in total. The van der Waals surface area contributed by atoms with Gasteiger partial charge in [0.2, 0.25) is 0 Å². The Morgan fingerprint density at radius 2 is 1.04 bits per heavy atom. The molecule has 0 spiro atoms. The van der Waals surface area contributed by atoms with E-state index >= 15 is 0 Å². The molecule has 4 heteroatoms. The lowest BCUT2D eigenvalue weighted by Gasteiger charge is -2.09. The van der Waals surface area contributed by atoms with Crippen LogP contribution >= 0.6 is 0 Å². The average Bonchev–Trinajstić information content (AvgIpc) is 2.67. The second kappa shape index (κ2) is 7.57. The molecule has 0 atom stereocenters. The average molecular weight is 344 g/mol. The normalized spacial score (nSPS) is 10.2. The summed E-state index contributed by atoms with van der Waals surface area (Å²) in [5, 5.41) is 0. The molecule has 0 heterocycles. The quantitative estimate of drug-likeness (QED) is 0.398. The highest BCUT2D eigenvalue weighted by molar-refractivity contribution is 6.13.